The van der Waals surface area contributed by atoms with Crippen molar-refractivity contribution in [2.45, 2.75) is 6.18 Å². The number of pyridine rings is 1. The number of alkyl halides is 3. The summed E-state index contributed by atoms with van der Waals surface area (Å²) in [6.07, 6.45) is -4.52. The molecule has 0 aromatic carbocycles. The van der Waals surface area contributed by atoms with Gasteiger partial charge in [-0.15, -0.1) is 0 Å². The highest BCUT2D eigenvalue weighted by Crippen LogP contribution is 2.28. The number of hydrogen-bond donors (Lipinski definition) is 1. The summed E-state index contributed by atoms with van der Waals surface area (Å²) < 4.78 is 61.1. The van der Waals surface area contributed by atoms with Gasteiger partial charge in [0, 0.05) is 20.6 Å². The van der Waals surface area contributed by atoms with Crippen LogP contribution in [-0.2, 0) is 16.2 Å². The highest BCUT2D eigenvalue weighted by atomic mass is 32.2. The normalized spacial score (nSPS) is 12.7. The van der Waals surface area contributed by atoms with E-state index in [0.717, 1.165) is 10.4 Å². The zero-order valence-corrected chi connectivity index (χ0v) is 11.2. The van der Waals surface area contributed by atoms with Crippen molar-refractivity contribution in [2.75, 3.05) is 31.7 Å². The Hall–Kier alpha value is -1.35. The minimum absolute atomic E-state index is 0.0104. The van der Waals surface area contributed by atoms with Crippen molar-refractivity contribution in [3.8, 4) is 0 Å². The zero-order chi connectivity index (χ0) is 14.7. The molecule has 19 heavy (non-hydrogen) atoms. The van der Waals surface area contributed by atoms with Gasteiger partial charge >= 0.3 is 6.18 Å². The number of anilines is 1. The molecule has 0 saturated heterocycles. The lowest BCUT2D eigenvalue weighted by Gasteiger charge is -2.12. The fourth-order valence-electron chi connectivity index (χ4n) is 1.18. The molecule has 0 atom stereocenters. The van der Waals surface area contributed by atoms with E-state index in [-0.39, 0.29) is 18.1 Å². The molecule has 108 valence electrons. The average molecular weight is 297 g/mol. The summed E-state index contributed by atoms with van der Waals surface area (Å²) in [6, 6.07) is 3.40. The molecule has 0 amide bonds. The van der Waals surface area contributed by atoms with E-state index < -0.39 is 21.9 Å². The van der Waals surface area contributed by atoms with Crippen molar-refractivity contribution < 1.29 is 21.6 Å². The van der Waals surface area contributed by atoms with Crippen LogP contribution >= 0.6 is 0 Å². The Labute approximate surface area is 109 Å². The first kappa shape index (κ1) is 15.7. The van der Waals surface area contributed by atoms with Crippen molar-refractivity contribution >= 4 is 15.8 Å². The van der Waals surface area contributed by atoms with Gasteiger partial charge in [0.25, 0.3) is 0 Å². The smallest absolute Gasteiger partial charge is 0.369 e. The predicted molar refractivity (Wildman–Crippen MR) is 65.2 cm³/mol. The molecule has 9 heteroatoms. The van der Waals surface area contributed by atoms with E-state index in [1.165, 1.54) is 26.2 Å². The first-order valence-electron chi connectivity index (χ1n) is 5.31. The van der Waals surface area contributed by atoms with Crippen LogP contribution < -0.4 is 5.32 Å². The molecule has 0 unspecified atom stereocenters. The molecule has 1 aromatic rings. The maximum Gasteiger partial charge on any atom is 0.433 e. The quantitative estimate of drug-likeness (QED) is 0.892. The van der Waals surface area contributed by atoms with E-state index in [2.05, 4.69) is 10.3 Å². The molecule has 0 aliphatic heterocycles. The van der Waals surface area contributed by atoms with Gasteiger partial charge in [-0.25, -0.2) is 17.7 Å². The minimum Gasteiger partial charge on any atom is -0.369 e. The minimum atomic E-state index is -4.52. The van der Waals surface area contributed by atoms with Crippen LogP contribution in [0.4, 0.5) is 19.0 Å². The topological polar surface area (TPSA) is 62.3 Å². The second-order valence-corrected chi connectivity index (χ2v) is 6.23. The van der Waals surface area contributed by atoms with Crippen LogP contribution in [0.5, 0.6) is 0 Å². The number of hydrogen-bond acceptors (Lipinski definition) is 4. The molecule has 1 N–H and O–H groups in total. The summed E-state index contributed by atoms with van der Waals surface area (Å²) in [5.74, 6) is -0.235. The fraction of sp³-hybridized carbons (Fsp3) is 0.500. The second kappa shape index (κ2) is 5.74. The SMILES string of the molecule is CN(C)S(=O)(=O)CCNc1cccc(C(F)(F)F)n1. The average Bonchev–Trinajstić information content (AvgIpc) is 2.28. The van der Waals surface area contributed by atoms with Crippen LogP contribution in [0.2, 0.25) is 0 Å². The maximum absolute atomic E-state index is 12.4. The Balaban J connectivity index is 2.65. The molecule has 0 radical (unpaired) electrons. The van der Waals surface area contributed by atoms with Crippen molar-refractivity contribution in [2.24, 2.45) is 0 Å². The molecule has 1 rings (SSSR count). The van der Waals surface area contributed by atoms with Crippen LogP contribution in [-0.4, -0.2) is 44.1 Å². The van der Waals surface area contributed by atoms with Gasteiger partial charge in [-0.05, 0) is 12.1 Å². The third-order valence-electron chi connectivity index (χ3n) is 2.26. The van der Waals surface area contributed by atoms with Crippen LogP contribution in [0.15, 0.2) is 18.2 Å². The highest BCUT2D eigenvalue weighted by molar-refractivity contribution is 7.89. The van der Waals surface area contributed by atoms with E-state index >= 15 is 0 Å². The van der Waals surface area contributed by atoms with Crippen molar-refractivity contribution in [3.05, 3.63) is 23.9 Å². The van der Waals surface area contributed by atoms with Gasteiger partial charge in [-0.3, -0.25) is 0 Å². The summed E-state index contributed by atoms with van der Waals surface area (Å²) >= 11 is 0. The Bertz CT molecular complexity index is 529. The lowest BCUT2D eigenvalue weighted by atomic mass is 10.3. The third kappa shape index (κ3) is 4.67. The largest absolute Gasteiger partial charge is 0.433 e. The molecule has 0 saturated carbocycles. The molecule has 0 fully saturated rings. The van der Waals surface area contributed by atoms with Crippen LogP contribution in [0.3, 0.4) is 0 Å². The predicted octanol–water partition coefficient (Wildman–Crippen LogP) is 1.40. The van der Waals surface area contributed by atoms with Gasteiger partial charge < -0.3 is 5.32 Å². The first-order valence-corrected chi connectivity index (χ1v) is 6.92. The van der Waals surface area contributed by atoms with Gasteiger partial charge in [0.15, 0.2) is 0 Å². The molecular formula is C10H14F3N3O2S. The number of halogens is 3. The molecule has 0 bridgehead atoms. The van der Waals surface area contributed by atoms with Crippen molar-refractivity contribution in [3.63, 3.8) is 0 Å². The summed E-state index contributed by atoms with van der Waals surface area (Å²) in [4.78, 5) is 3.36. The Kier molecular flexibility index (Phi) is 4.75. The van der Waals surface area contributed by atoms with Crippen LogP contribution in [0, 0.1) is 0 Å². The van der Waals surface area contributed by atoms with E-state index in [1.807, 2.05) is 0 Å². The fourth-order valence-corrected chi connectivity index (χ4v) is 1.91. The Morgan fingerprint density at radius 1 is 1.32 bits per heavy atom. The first-order chi connectivity index (χ1) is 8.63. The number of nitrogens with one attached hydrogen (secondary N) is 1. The van der Waals surface area contributed by atoms with Gasteiger partial charge in [-0.1, -0.05) is 6.07 Å². The molecule has 1 heterocycles. The number of aromatic nitrogens is 1. The lowest BCUT2D eigenvalue weighted by molar-refractivity contribution is -0.141. The van der Waals surface area contributed by atoms with Gasteiger partial charge in [0.05, 0.1) is 5.75 Å². The molecule has 0 spiro atoms. The molecule has 5 nitrogen and oxygen atoms in total. The van der Waals surface area contributed by atoms with E-state index in [4.69, 9.17) is 0 Å². The molecule has 1 aromatic heterocycles. The lowest BCUT2D eigenvalue weighted by Crippen LogP contribution is -2.28. The molecular weight excluding hydrogens is 283 g/mol. The monoisotopic (exact) mass is 297 g/mol. The molecule has 0 aliphatic carbocycles. The Morgan fingerprint density at radius 3 is 2.47 bits per heavy atom. The van der Waals surface area contributed by atoms with E-state index in [9.17, 15) is 21.6 Å². The number of rotatable bonds is 5. The van der Waals surface area contributed by atoms with Crippen molar-refractivity contribution in [1.82, 2.24) is 9.29 Å². The van der Waals surface area contributed by atoms with E-state index in [0.29, 0.717) is 0 Å². The Morgan fingerprint density at radius 2 is 1.95 bits per heavy atom. The van der Waals surface area contributed by atoms with Gasteiger partial charge in [-0.2, -0.15) is 13.2 Å². The van der Waals surface area contributed by atoms with Crippen LogP contribution in [0.25, 0.3) is 0 Å². The number of sulfonamides is 1. The van der Waals surface area contributed by atoms with Crippen LogP contribution in [0.1, 0.15) is 5.69 Å². The third-order valence-corrected chi connectivity index (χ3v) is 4.09. The van der Waals surface area contributed by atoms with Gasteiger partial charge in [0.2, 0.25) is 10.0 Å². The van der Waals surface area contributed by atoms with E-state index in [1.54, 1.807) is 0 Å². The second-order valence-electron chi connectivity index (χ2n) is 3.93. The molecule has 0 aliphatic rings. The van der Waals surface area contributed by atoms with Crippen molar-refractivity contribution in [1.29, 1.82) is 0 Å². The summed E-state index contributed by atoms with van der Waals surface area (Å²) in [6.45, 7) is -0.0190. The maximum atomic E-state index is 12.4. The highest BCUT2D eigenvalue weighted by Gasteiger charge is 2.32. The summed E-state index contributed by atoms with van der Waals surface area (Å²) in [5, 5.41) is 2.55. The van der Waals surface area contributed by atoms with Gasteiger partial charge in [0.1, 0.15) is 11.5 Å². The standard InChI is InChI=1S/C10H14F3N3O2S/c1-16(2)19(17,18)7-6-14-9-5-3-4-8(15-9)10(11,12)13/h3-5H,6-7H2,1-2H3,(H,14,15). The zero-order valence-electron chi connectivity index (χ0n) is 10.4. The summed E-state index contributed by atoms with van der Waals surface area (Å²) in [7, 11) is -0.613. The summed E-state index contributed by atoms with van der Waals surface area (Å²) in [5.41, 5.74) is -1.02. The number of nitrogens with zero attached hydrogens (tertiary/aromatic N) is 2.